The fourth-order valence-corrected chi connectivity index (χ4v) is 0.653. The lowest BCUT2D eigenvalue weighted by atomic mass is 10.5. The van der Waals surface area contributed by atoms with Crippen LogP contribution in [0.5, 0.6) is 0 Å². The summed E-state index contributed by atoms with van der Waals surface area (Å²) in [5.74, 6) is 0. The number of hydrogen-bond acceptors (Lipinski definition) is 4. The molecule has 64 valence electrons. The van der Waals surface area contributed by atoms with Gasteiger partial charge < -0.3 is 10.8 Å². The molecule has 1 aromatic rings. The van der Waals surface area contributed by atoms with Crippen molar-refractivity contribution >= 4 is 12.4 Å². The van der Waals surface area contributed by atoms with E-state index in [1.807, 2.05) is 0 Å². The smallest absolute Gasteiger partial charge is 0.108 e. The number of aromatic nitrogens is 3. The second-order valence-electron chi connectivity index (χ2n) is 1.92. The molecule has 1 rings (SSSR count). The van der Waals surface area contributed by atoms with Crippen molar-refractivity contribution in [3.8, 4) is 0 Å². The molecule has 0 spiro atoms. The molecule has 3 N–H and O–H groups in total. The SMILES string of the molecule is Cl.NCCn1cc(CO)nn1. The van der Waals surface area contributed by atoms with E-state index in [9.17, 15) is 0 Å². The van der Waals surface area contributed by atoms with Crippen LogP contribution < -0.4 is 5.73 Å². The lowest BCUT2D eigenvalue weighted by molar-refractivity contribution is 0.276. The molecule has 0 aliphatic rings. The highest BCUT2D eigenvalue weighted by Crippen LogP contribution is 1.90. The van der Waals surface area contributed by atoms with Crippen LogP contribution in [0.15, 0.2) is 6.20 Å². The van der Waals surface area contributed by atoms with Crippen LogP contribution >= 0.6 is 12.4 Å². The summed E-state index contributed by atoms with van der Waals surface area (Å²) in [5, 5.41) is 15.9. The molecule has 0 aliphatic heterocycles. The highest BCUT2D eigenvalue weighted by Gasteiger charge is 1.95. The molecule has 0 saturated carbocycles. The maximum atomic E-state index is 8.57. The molecule has 11 heavy (non-hydrogen) atoms. The van der Waals surface area contributed by atoms with Gasteiger partial charge in [0.2, 0.25) is 0 Å². The van der Waals surface area contributed by atoms with Gasteiger partial charge in [-0.15, -0.1) is 17.5 Å². The molecule has 1 aromatic heterocycles. The Bertz CT molecular complexity index is 202. The van der Waals surface area contributed by atoms with E-state index < -0.39 is 0 Å². The van der Waals surface area contributed by atoms with Gasteiger partial charge in [-0.3, -0.25) is 4.68 Å². The van der Waals surface area contributed by atoms with Crippen molar-refractivity contribution in [2.45, 2.75) is 13.2 Å². The number of aliphatic hydroxyl groups is 1. The first-order valence-corrected chi connectivity index (χ1v) is 3.06. The summed E-state index contributed by atoms with van der Waals surface area (Å²) >= 11 is 0. The fraction of sp³-hybridized carbons (Fsp3) is 0.600. The average Bonchev–Trinajstić information content (AvgIpc) is 2.37. The van der Waals surface area contributed by atoms with Gasteiger partial charge in [0, 0.05) is 6.54 Å². The van der Waals surface area contributed by atoms with Crippen LogP contribution in [0, 0.1) is 0 Å². The summed E-state index contributed by atoms with van der Waals surface area (Å²) in [6.45, 7) is 1.12. The molecule has 0 atom stereocenters. The topological polar surface area (TPSA) is 77.0 Å². The molecule has 1 heterocycles. The first-order chi connectivity index (χ1) is 4.86. The van der Waals surface area contributed by atoms with Crippen molar-refractivity contribution < 1.29 is 5.11 Å². The Morgan fingerprint density at radius 2 is 2.36 bits per heavy atom. The number of hydrogen-bond donors (Lipinski definition) is 2. The third-order valence-electron chi connectivity index (χ3n) is 1.11. The predicted molar refractivity (Wildman–Crippen MR) is 42.2 cm³/mol. The van der Waals surface area contributed by atoms with E-state index in [1.54, 1.807) is 10.9 Å². The summed E-state index contributed by atoms with van der Waals surface area (Å²) in [7, 11) is 0. The highest BCUT2D eigenvalue weighted by molar-refractivity contribution is 5.85. The number of rotatable bonds is 3. The highest BCUT2D eigenvalue weighted by atomic mass is 35.5. The van der Waals surface area contributed by atoms with Crippen molar-refractivity contribution in [3.05, 3.63) is 11.9 Å². The van der Waals surface area contributed by atoms with Gasteiger partial charge in [0.25, 0.3) is 0 Å². The monoisotopic (exact) mass is 178 g/mol. The third kappa shape index (κ3) is 2.83. The van der Waals surface area contributed by atoms with Crippen LogP contribution in [0.3, 0.4) is 0 Å². The first kappa shape index (κ1) is 10.3. The van der Waals surface area contributed by atoms with E-state index in [0.717, 1.165) is 0 Å². The van der Waals surface area contributed by atoms with E-state index >= 15 is 0 Å². The van der Waals surface area contributed by atoms with Gasteiger partial charge in [-0.05, 0) is 0 Å². The van der Waals surface area contributed by atoms with E-state index in [0.29, 0.717) is 18.8 Å². The fourth-order valence-electron chi connectivity index (χ4n) is 0.653. The average molecular weight is 179 g/mol. The van der Waals surface area contributed by atoms with Crippen molar-refractivity contribution in [2.24, 2.45) is 5.73 Å². The van der Waals surface area contributed by atoms with Gasteiger partial charge >= 0.3 is 0 Å². The first-order valence-electron chi connectivity index (χ1n) is 3.06. The second kappa shape index (κ2) is 5.06. The molecule has 0 amide bonds. The summed E-state index contributed by atoms with van der Waals surface area (Å²) in [4.78, 5) is 0. The Hall–Kier alpha value is -0.650. The molecule has 0 aliphatic carbocycles. The molecule has 0 saturated heterocycles. The summed E-state index contributed by atoms with van der Waals surface area (Å²) in [6.07, 6.45) is 1.67. The van der Waals surface area contributed by atoms with E-state index in [2.05, 4.69) is 10.3 Å². The van der Waals surface area contributed by atoms with Gasteiger partial charge in [-0.1, -0.05) is 5.21 Å². The zero-order valence-electron chi connectivity index (χ0n) is 5.97. The van der Waals surface area contributed by atoms with Crippen LogP contribution in [-0.2, 0) is 13.2 Å². The van der Waals surface area contributed by atoms with Gasteiger partial charge in [0.15, 0.2) is 0 Å². The van der Waals surface area contributed by atoms with Crippen LogP contribution in [-0.4, -0.2) is 26.6 Å². The molecule has 0 radical (unpaired) electrons. The zero-order valence-corrected chi connectivity index (χ0v) is 6.79. The lowest BCUT2D eigenvalue weighted by Gasteiger charge is -1.91. The summed E-state index contributed by atoms with van der Waals surface area (Å²) < 4.78 is 1.60. The Morgan fingerprint density at radius 1 is 1.64 bits per heavy atom. The van der Waals surface area contributed by atoms with Crippen LogP contribution in [0.25, 0.3) is 0 Å². The minimum absolute atomic E-state index is 0. The van der Waals surface area contributed by atoms with Crippen molar-refractivity contribution in [1.29, 1.82) is 0 Å². The number of halogens is 1. The Balaban J connectivity index is 0.000001000. The normalized spacial score (nSPS) is 9.27. The third-order valence-corrected chi connectivity index (χ3v) is 1.11. The summed E-state index contributed by atoms with van der Waals surface area (Å²) in [5.41, 5.74) is 5.84. The minimum atomic E-state index is -0.0649. The predicted octanol–water partition coefficient (Wildman–Crippen LogP) is -0.849. The molecule has 0 fully saturated rings. The van der Waals surface area contributed by atoms with E-state index in [-0.39, 0.29) is 19.0 Å². The molecule has 0 unspecified atom stereocenters. The van der Waals surface area contributed by atoms with Crippen molar-refractivity contribution in [3.63, 3.8) is 0 Å². The van der Waals surface area contributed by atoms with E-state index in [4.69, 9.17) is 10.8 Å². The Labute approximate surface area is 70.6 Å². The number of nitrogens with two attached hydrogens (primary N) is 1. The standard InChI is InChI=1S/C5H10N4O.ClH/c6-1-2-9-3-5(4-10)7-8-9;/h3,10H,1-2,4,6H2;1H. The Kier molecular flexibility index (Phi) is 4.76. The second-order valence-corrected chi connectivity index (χ2v) is 1.92. The largest absolute Gasteiger partial charge is 0.390 e. The molecular formula is C5H11ClN4O. The zero-order chi connectivity index (χ0) is 7.40. The summed E-state index contributed by atoms with van der Waals surface area (Å²) in [6, 6.07) is 0. The van der Waals surface area contributed by atoms with Gasteiger partial charge in [0.05, 0.1) is 19.3 Å². The maximum absolute atomic E-state index is 8.57. The Morgan fingerprint density at radius 3 is 2.82 bits per heavy atom. The van der Waals surface area contributed by atoms with Gasteiger partial charge in [-0.25, -0.2) is 0 Å². The van der Waals surface area contributed by atoms with Gasteiger partial charge in [0.1, 0.15) is 5.69 Å². The molecule has 5 nitrogen and oxygen atoms in total. The minimum Gasteiger partial charge on any atom is -0.390 e. The number of nitrogens with zero attached hydrogens (tertiary/aromatic N) is 3. The lowest BCUT2D eigenvalue weighted by Crippen LogP contribution is -2.10. The molecular weight excluding hydrogens is 168 g/mol. The van der Waals surface area contributed by atoms with Crippen LogP contribution in [0.2, 0.25) is 0 Å². The van der Waals surface area contributed by atoms with E-state index in [1.165, 1.54) is 0 Å². The molecule has 6 heteroatoms. The van der Waals surface area contributed by atoms with Crippen molar-refractivity contribution in [1.82, 2.24) is 15.0 Å². The van der Waals surface area contributed by atoms with Crippen LogP contribution in [0.1, 0.15) is 5.69 Å². The van der Waals surface area contributed by atoms with Gasteiger partial charge in [-0.2, -0.15) is 0 Å². The number of aliphatic hydroxyl groups excluding tert-OH is 1. The molecule has 0 aromatic carbocycles. The van der Waals surface area contributed by atoms with Crippen LogP contribution in [0.4, 0.5) is 0 Å². The molecule has 0 bridgehead atoms. The maximum Gasteiger partial charge on any atom is 0.108 e. The van der Waals surface area contributed by atoms with Crippen molar-refractivity contribution in [2.75, 3.05) is 6.54 Å². The quantitative estimate of drug-likeness (QED) is 0.632.